The number of nitrogens with zero attached hydrogens (tertiary/aromatic N) is 2. The number of amides is 1. The molecule has 2 aromatic rings. The summed E-state index contributed by atoms with van der Waals surface area (Å²) in [5.74, 6) is 0.504. The maximum atomic E-state index is 12.2. The Balaban J connectivity index is 1.43. The summed E-state index contributed by atoms with van der Waals surface area (Å²) in [7, 11) is 0. The minimum Gasteiger partial charge on any atom is -0.354 e. The molecule has 1 atom stereocenters. The molecule has 0 bridgehead atoms. The van der Waals surface area contributed by atoms with Gasteiger partial charge in [0.15, 0.2) is 0 Å². The monoisotopic (exact) mass is 326 g/mol. The second-order valence-corrected chi connectivity index (χ2v) is 6.40. The van der Waals surface area contributed by atoms with Gasteiger partial charge >= 0.3 is 0 Å². The molecule has 1 amide bonds. The maximum absolute atomic E-state index is 12.2. The van der Waals surface area contributed by atoms with E-state index in [9.17, 15) is 4.79 Å². The van der Waals surface area contributed by atoms with E-state index in [4.69, 9.17) is 0 Å². The Hall–Kier alpha value is -2.14. The highest BCUT2D eigenvalue weighted by Crippen LogP contribution is 2.22. The molecule has 1 fully saturated rings. The fourth-order valence-corrected chi connectivity index (χ4v) is 3.28. The summed E-state index contributed by atoms with van der Waals surface area (Å²) < 4.78 is 1.85. The van der Waals surface area contributed by atoms with Crippen LogP contribution in [0.1, 0.15) is 36.4 Å². The largest absolute Gasteiger partial charge is 0.354 e. The van der Waals surface area contributed by atoms with Crippen LogP contribution in [0.15, 0.2) is 42.6 Å². The predicted octanol–water partition coefficient (Wildman–Crippen LogP) is 2.10. The van der Waals surface area contributed by atoms with Crippen LogP contribution in [0.4, 0.5) is 0 Å². The van der Waals surface area contributed by atoms with E-state index in [1.807, 2.05) is 28.9 Å². The first-order chi connectivity index (χ1) is 11.8. The van der Waals surface area contributed by atoms with Crippen LogP contribution in [0.3, 0.4) is 0 Å². The average Bonchev–Trinajstić information content (AvgIpc) is 3.08. The highest BCUT2D eigenvalue weighted by Gasteiger charge is 2.19. The van der Waals surface area contributed by atoms with E-state index in [0.29, 0.717) is 19.0 Å². The maximum Gasteiger partial charge on any atom is 0.241 e. The number of carbonyl (C=O) groups excluding carboxylic acids is 1. The zero-order chi connectivity index (χ0) is 16.6. The van der Waals surface area contributed by atoms with Gasteiger partial charge in [-0.1, -0.05) is 30.3 Å². The summed E-state index contributed by atoms with van der Waals surface area (Å²) in [6.07, 6.45) is 6.09. The Labute approximate surface area is 143 Å². The Morgan fingerprint density at radius 1 is 1.29 bits per heavy atom. The number of nitrogens with one attached hydrogen (secondary N) is 2. The summed E-state index contributed by atoms with van der Waals surface area (Å²) in [5.41, 5.74) is 2.48. The van der Waals surface area contributed by atoms with Crippen molar-refractivity contribution in [2.24, 2.45) is 0 Å². The molecule has 0 aliphatic carbocycles. The van der Waals surface area contributed by atoms with Gasteiger partial charge in [0.05, 0.1) is 0 Å². The molecule has 24 heavy (non-hydrogen) atoms. The highest BCUT2D eigenvalue weighted by atomic mass is 16.2. The van der Waals surface area contributed by atoms with E-state index in [-0.39, 0.29) is 5.91 Å². The summed E-state index contributed by atoms with van der Waals surface area (Å²) in [4.78, 5) is 12.2. The molecule has 5 heteroatoms. The van der Waals surface area contributed by atoms with E-state index in [1.54, 1.807) is 6.20 Å². The highest BCUT2D eigenvalue weighted by molar-refractivity contribution is 5.75. The average molecular weight is 326 g/mol. The van der Waals surface area contributed by atoms with Gasteiger partial charge in [-0.2, -0.15) is 5.10 Å². The zero-order valence-corrected chi connectivity index (χ0v) is 14.1. The van der Waals surface area contributed by atoms with Gasteiger partial charge in [0.25, 0.3) is 0 Å². The van der Waals surface area contributed by atoms with Crippen LogP contribution in [0.5, 0.6) is 0 Å². The van der Waals surface area contributed by atoms with Crippen LogP contribution in [0.2, 0.25) is 0 Å². The number of aryl methyl sites for hydroxylation is 1. The third-order valence-electron chi connectivity index (χ3n) is 4.57. The molecule has 128 valence electrons. The van der Waals surface area contributed by atoms with Gasteiger partial charge in [0, 0.05) is 30.9 Å². The summed E-state index contributed by atoms with van der Waals surface area (Å²) >= 11 is 0. The molecule has 3 rings (SSSR count). The Kier molecular flexibility index (Phi) is 6.01. The van der Waals surface area contributed by atoms with Crippen molar-refractivity contribution in [3.8, 4) is 0 Å². The van der Waals surface area contributed by atoms with E-state index in [1.165, 1.54) is 17.7 Å². The zero-order valence-electron chi connectivity index (χ0n) is 14.1. The van der Waals surface area contributed by atoms with Gasteiger partial charge < -0.3 is 10.6 Å². The van der Waals surface area contributed by atoms with Gasteiger partial charge in [-0.15, -0.1) is 0 Å². The molecule has 1 aliphatic rings. The van der Waals surface area contributed by atoms with Crippen LogP contribution in [-0.4, -0.2) is 35.3 Å². The van der Waals surface area contributed by atoms with Crippen LogP contribution in [0.25, 0.3) is 0 Å². The topological polar surface area (TPSA) is 59.0 Å². The summed E-state index contributed by atoms with van der Waals surface area (Å²) in [6.45, 7) is 3.08. The first kappa shape index (κ1) is 16.7. The molecular formula is C19H26N4O. The molecular weight excluding hydrogens is 300 g/mol. The van der Waals surface area contributed by atoms with Crippen molar-refractivity contribution in [2.45, 2.75) is 38.1 Å². The lowest BCUT2D eigenvalue weighted by Crippen LogP contribution is -2.32. The van der Waals surface area contributed by atoms with Gasteiger partial charge in [0.1, 0.15) is 6.54 Å². The molecule has 1 aromatic carbocycles. The second-order valence-electron chi connectivity index (χ2n) is 6.40. The Bertz CT molecular complexity index is 632. The molecule has 1 aliphatic heterocycles. The van der Waals surface area contributed by atoms with Gasteiger partial charge in [0.2, 0.25) is 5.91 Å². The molecule has 0 radical (unpaired) electrons. The molecule has 2 heterocycles. The third kappa shape index (κ3) is 4.68. The predicted molar refractivity (Wildman–Crippen MR) is 94.8 cm³/mol. The van der Waals surface area contributed by atoms with E-state index in [2.05, 4.69) is 27.9 Å². The lowest BCUT2D eigenvalue weighted by atomic mass is 9.96. The van der Waals surface area contributed by atoms with E-state index >= 15 is 0 Å². The first-order valence-electron chi connectivity index (χ1n) is 8.86. The normalized spacial score (nSPS) is 17.6. The number of benzene rings is 1. The Morgan fingerprint density at radius 2 is 2.17 bits per heavy atom. The number of hydrogen-bond donors (Lipinski definition) is 2. The molecule has 0 unspecified atom stereocenters. The number of hydrogen-bond acceptors (Lipinski definition) is 3. The molecule has 0 saturated carbocycles. The number of carbonyl (C=O) groups is 1. The lowest BCUT2D eigenvalue weighted by Gasteiger charge is -2.23. The van der Waals surface area contributed by atoms with Crippen molar-refractivity contribution in [1.82, 2.24) is 20.4 Å². The van der Waals surface area contributed by atoms with Crippen molar-refractivity contribution in [1.29, 1.82) is 0 Å². The minimum absolute atomic E-state index is 0.0387. The van der Waals surface area contributed by atoms with Crippen molar-refractivity contribution >= 4 is 5.91 Å². The van der Waals surface area contributed by atoms with Crippen LogP contribution in [-0.2, 0) is 17.8 Å². The first-order valence-corrected chi connectivity index (χ1v) is 8.86. The Morgan fingerprint density at radius 3 is 2.96 bits per heavy atom. The molecule has 0 spiro atoms. The number of aromatic nitrogens is 2. The fourth-order valence-electron chi connectivity index (χ4n) is 3.28. The van der Waals surface area contributed by atoms with Crippen molar-refractivity contribution in [3.63, 3.8) is 0 Å². The minimum atomic E-state index is 0.0387. The van der Waals surface area contributed by atoms with Crippen molar-refractivity contribution < 1.29 is 4.79 Å². The number of piperidine rings is 1. The standard InChI is InChI=1S/C19H26N4O/c24-19(21-12-4-8-16-6-2-1-3-7-16)15-23-18(10-13-22-23)17-9-5-11-20-14-17/h1-3,6-7,10,13,17,20H,4-5,8-9,11-12,14-15H2,(H,21,24)/t17-/m1/s1. The fraction of sp³-hybridized carbons (Fsp3) is 0.474. The molecule has 1 saturated heterocycles. The van der Waals surface area contributed by atoms with Crippen LogP contribution < -0.4 is 10.6 Å². The van der Waals surface area contributed by atoms with Crippen LogP contribution in [0, 0.1) is 0 Å². The van der Waals surface area contributed by atoms with E-state index < -0.39 is 0 Å². The van der Waals surface area contributed by atoms with Gasteiger partial charge in [-0.05, 0) is 43.9 Å². The molecule has 5 nitrogen and oxygen atoms in total. The van der Waals surface area contributed by atoms with Gasteiger partial charge in [-0.3, -0.25) is 9.48 Å². The van der Waals surface area contributed by atoms with Crippen LogP contribution >= 0.6 is 0 Å². The van der Waals surface area contributed by atoms with Gasteiger partial charge in [-0.25, -0.2) is 0 Å². The van der Waals surface area contributed by atoms with Crippen molar-refractivity contribution in [3.05, 3.63) is 53.9 Å². The molecule has 2 N–H and O–H groups in total. The number of rotatable bonds is 7. The summed E-state index contributed by atoms with van der Waals surface area (Å²) in [5, 5.41) is 10.8. The van der Waals surface area contributed by atoms with E-state index in [0.717, 1.165) is 32.4 Å². The third-order valence-corrected chi connectivity index (χ3v) is 4.57. The molecule has 1 aromatic heterocycles. The van der Waals surface area contributed by atoms with Crippen molar-refractivity contribution in [2.75, 3.05) is 19.6 Å². The smallest absolute Gasteiger partial charge is 0.241 e. The lowest BCUT2D eigenvalue weighted by molar-refractivity contribution is -0.121. The second kappa shape index (κ2) is 8.64. The quantitative estimate of drug-likeness (QED) is 0.766. The SMILES string of the molecule is O=C(Cn1nccc1[C@@H]1CCCNC1)NCCCc1ccccc1. The summed E-state index contributed by atoms with van der Waals surface area (Å²) in [6, 6.07) is 12.4.